The lowest BCUT2D eigenvalue weighted by atomic mass is 10.1. The van der Waals surface area contributed by atoms with Crippen LogP contribution in [0.15, 0.2) is 58.5 Å². The number of hydrogen-bond donors (Lipinski definition) is 2. The highest BCUT2D eigenvalue weighted by Gasteiger charge is 2.15. The highest BCUT2D eigenvalue weighted by atomic mass is 32.2. The zero-order chi connectivity index (χ0) is 22.0. The van der Waals surface area contributed by atoms with Gasteiger partial charge in [-0.15, -0.1) is 0 Å². The maximum Gasteiger partial charge on any atom is 0.271 e. The summed E-state index contributed by atoms with van der Waals surface area (Å²) >= 11 is 7.92. The number of aromatic amines is 1. The number of nitrogens with zero attached hydrogens (tertiary/aromatic N) is 2. The first-order chi connectivity index (χ1) is 15.0. The Morgan fingerprint density at radius 3 is 2.68 bits per heavy atom. The fraction of sp³-hybridized carbons (Fsp3) is 0.182. The number of thioether (sulfide) groups is 1. The lowest BCUT2D eigenvalue weighted by molar-refractivity contribution is -0.113. The number of aryl methyl sites for hydroxylation is 2. The van der Waals surface area contributed by atoms with Gasteiger partial charge in [0.2, 0.25) is 5.91 Å². The molecule has 4 rings (SSSR count). The van der Waals surface area contributed by atoms with Crippen LogP contribution in [0.1, 0.15) is 18.1 Å². The van der Waals surface area contributed by atoms with Gasteiger partial charge in [0.15, 0.2) is 14.8 Å². The molecular weight excluding hydrogens is 448 g/mol. The highest BCUT2D eigenvalue weighted by molar-refractivity contribution is 7.99. The van der Waals surface area contributed by atoms with E-state index in [1.165, 1.54) is 28.7 Å². The third kappa shape index (κ3) is 4.63. The van der Waals surface area contributed by atoms with Gasteiger partial charge in [-0.05, 0) is 54.9 Å². The summed E-state index contributed by atoms with van der Waals surface area (Å²) in [4.78, 5) is 32.3. The molecule has 0 fully saturated rings. The number of carbonyl (C=O) groups excluding carboxylic acids is 1. The number of benzene rings is 2. The first-order valence-corrected chi connectivity index (χ1v) is 11.9. The Kier molecular flexibility index (Phi) is 6.35. The quantitative estimate of drug-likeness (QED) is 0.234. The number of rotatable bonds is 6. The molecule has 1 amide bonds. The number of H-pyrrole nitrogens is 1. The van der Waals surface area contributed by atoms with Crippen molar-refractivity contribution in [3.05, 3.63) is 74.0 Å². The van der Waals surface area contributed by atoms with Crippen molar-refractivity contribution < 1.29 is 4.79 Å². The number of anilines is 1. The second-order valence-electron chi connectivity index (χ2n) is 6.90. The van der Waals surface area contributed by atoms with Gasteiger partial charge in [0.1, 0.15) is 4.70 Å². The highest BCUT2D eigenvalue weighted by Crippen LogP contribution is 2.26. The summed E-state index contributed by atoms with van der Waals surface area (Å²) in [5.41, 5.74) is 4.12. The minimum absolute atomic E-state index is 0.124. The zero-order valence-corrected chi connectivity index (χ0v) is 19.4. The molecule has 2 N–H and O–H groups in total. The van der Waals surface area contributed by atoms with Crippen LogP contribution in [-0.4, -0.2) is 26.2 Å². The van der Waals surface area contributed by atoms with Crippen molar-refractivity contribution in [2.45, 2.75) is 25.4 Å². The maximum atomic E-state index is 12.6. The van der Waals surface area contributed by atoms with E-state index in [0.717, 1.165) is 23.4 Å². The standard InChI is InChI=1S/C22H20N4O2S3/c1-3-14-8-10-15(11-9-14)23-17(27)12-30-21-24-19-18(20(28)25-21)31-22(29)26(19)16-7-5-4-6-13(16)2/h4-11H,3,12H2,1-2H3,(H,23,27)(H,24,25,28). The molecule has 0 spiro atoms. The molecule has 2 heterocycles. The van der Waals surface area contributed by atoms with Gasteiger partial charge in [0.25, 0.3) is 5.56 Å². The molecule has 0 aliphatic rings. The van der Waals surface area contributed by atoms with Gasteiger partial charge in [-0.3, -0.25) is 14.2 Å². The summed E-state index contributed by atoms with van der Waals surface area (Å²) in [6.45, 7) is 4.07. The fourth-order valence-corrected chi connectivity index (χ4v) is 5.06. The van der Waals surface area contributed by atoms with Crippen LogP contribution in [0.5, 0.6) is 0 Å². The molecule has 0 bridgehead atoms. The fourth-order valence-electron chi connectivity index (χ4n) is 3.14. The Hall–Kier alpha value is -2.75. The predicted octanol–water partition coefficient (Wildman–Crippen LogP) is 5.11. The summed E-state index contributed by atoms with van der Waals surface area (Å²) in [6, 6.07) is 15.6. The molecule has 0 unspecified atom stereocenters. The third-order valence-electron chi connectivity index (χ3n) is 4.76. The topological polar surface area (TPSA) is 79.8 Å². The van der Waals surface area contributed by atoms with Crippen LogP contribution >= 0.6 is 35.3 Å². The number of fused-ring (bicyclic) bond motifs is 1. The summed E-state index contributed by atoms with van der Waals surface area (Å²) in [6.07, 6.45) is 0.947. The molecule has 31 heavy (non-hydrogen) atoms. The van der Waals surface area contributed by atoms with Gasteiger partial charge in [0, 0.05) is 5.69 Å². The first-order valence-electron chi connectivity index (χ1n) is 9.69. The van der Waals surface area contributed by atoms with E-state index in [0.29, 0.717) is 19.5 Å². The van der Waals surface area contributed by atoms with Crippen LogP contribution < -0.4 is 10.9 Å². The Morgan fingerprint density at radius 2 is 1.97 bits per heavy atom. The van der Waals surface area contributed by atoms with Crippen molar-refractivity contribution in [1.29, 1.82) is 0 Å². The zero-order valence-electron chi connectivity index (χ0n) is 17.0. The largest absolute Gasteiger partial charge is 0.325 e. The van der Waals surface area contributed by atoms with E-state index in [2.05, 4.69) is 22.2 Å². The van der Waals surface area contributed by atoms with Crippen molar-refractivity contribution >= 4 is 57.3 Å². The minimum Gasteiger partial charge on any atom is -0.325 e. The van der Waals surface area contributed by atoms with Gasteiger partial charge in [-0.2, -0.15) is 0 Å². The molecule has 9 heteroatoms. The van der Waals surface area contributed by atoms with Gasteiger partial charge >= 0.3 is 0 Å². The van der Waals surface area contributed by atoms with Gasteiger partial charge in [-0.1, -0.05) is 60.4 Å². The molecule has 0 aliphatic heterocycles. The van der Waals surface area contributed by atoms with Crippen molar-refractivity contribution in [3.8, 4) is 5.69 Å². The van der Waals surface area contributed by atoms with E-state index in [1.807, 2.05) is 60.0 Å². The number of hydrogen-bond acceptors (Lipinski definition) is 6. The van der Waals surface area contributed by atoms with Crippen LogP contribution in [0.25, 0.3) is 16.0 Å². The lowest BCUT2D eigenvalue weighted by Gasteiger charge is -2.08. The van der Waals surface area contributed by atoms with Crippen molar-refractivity contribution in [1.82, 2.24) is 14.5 Å². The second kappa shape index (κ2) is 9.17. The number of para-hydroxylation sites is 1. The van der Waals surface area contributed by atoms with Crippen molar-refractivity contribution in [2.24, 2.45) is 0 Å². The monoisotopic (exact) mass is 468 g/mol. The van der Waals surface area contributed by atoms with E-state index in [1.54, 1.807) is 0 Å². The minimum atomic E-state index is -0.258. The Bertz CT molecular complexity index is 1370. The molecule has 158 valence electrons. The SMILES string of the molecule is CCc1ccc(NC(=O)CSc2nc3c(sc(=S)n3-c3ccccc3C)c(=O)[nH]2)cc1. The van der Waals surface area contributed by atoms with Gasteiger partial charge in [-0.25, -0.2) is 4.98 Å². The normalized spacial score (nSPS) is 11.0. The van der Waals surface area contributed by atoms with E-state index in [-0.39, 0.29) is 17.2 Å². The van der Waals surface area contributed by atoms with Crippen molar-refractivity contribution in [2.75, 3.05) is 11.1 Å². The molecule has 0 aliphatic carbocycles. The first kappa shape index (κ1) is 21.5. The van der Waals surface area contributed by atoms with Crippen molar-refractivity contribution in [3.63, 3.8) is 0 Å². The summed E-state index contributed by atoms with van der Waals surface area (Å²) in [5, 5.41) is 3.24. The molecule has 0 radical (unpaired) electrons. The molecule has 2 aromatic carbocycles. The van der Waals surface area contributed by atoms with E-state index in [4.69, 9.17) is 12.2 Å². The maximum absolute atomic E-state index is 12.6. The number of thiazole rings is 1. The van der Waals surface area contributed by atoms with Crippen LogP contribution in [0.4, 0.5) is 5.69 Å². The molecule has 0 atom stereocenters. The van der Waals surface area contributed by atoms with Gasteiger partial charge in [0.05, 0.1) is 11.4 Å². The van der Waals surface area contributed by atoms with Gasteiger partial charge < -0.3 is 10.3 Å². The van der Waals surface area contributed by atoms with Crippen LogP contribution in [-0.2, 0) is 11.2 Å². The number of carbonyl (C=O) groups is 1. The number of nitrogens with one attached hydrogen (secondary N) is 2. The van der Waals surface area contributed by atoms with Crippen LogP contribution in [0.3, 0.4) is 0 Å². The summed E-state index contributed by atoms with van der Waals surface area (Å²) < 4.78 is 2.84. The average Bonchev–Trinajstić information content (AvgIpc) is 3.09. The van der Waals surface area contributed by atoms with E-state index in [9.17, 15) is 9.59 Å². The average molecular weight is 469 g/mol. The third-order valence-corrected chi connectivity index (χ3v) is 7.00. The summed E-state index contributed by atoms with van der Waals surface area (Å²) in [7, 11) is 0. The summed E-state index contributed by atoms with van der Waals surface area (Å²) in [5.74, 6) is -0.0443. The van der Waals surface area contributed by atoms with Crippen LogP contribution in [0, 0.1) is 10.9 Å². The Labute approximate surface area is 192 Å². The molecular formula is C22H20N4O2S3. The Morgan fingerprint density at radius 1 is 1.23 bits per heavy atom. The molecule has 6 nitrogen and oxygen atoms in total. The number of aromatic nitrogens is 3. The lowest BCUT2D eigenvalue weighted by Crippen LogP contribution is -2.15. The second-order valence-corrected chi connectivity index (χ2v) is 9.51. The molecule has 0 saturated heterocycles. The number of amides is 1. The Balaban J connectivity index is 1.58. The smallest absolute Gasteiger partial charge is 0.271 e. The molecule has 4 aromatic rings. The van der Waals surface area contributed by atoms with Crippen LogP contribution in [0.2, 0.25) is 0 Å². The molecule has 2 aromatic heterocycles. The van der Waals surface area contributed by atoms with E-state index < -0.39 is 0 Å². The molecule has 0 saturated carbocycles. The van der Waals surface area contributed by atoms with E-state index >= 15 is 0 Å². The predicted molar refractivity (Wildman–Crippen MR) is 130 cm³/mol.